The first kappa shape index (κ1) is 17.8. The van der Waals surface area contributed by atoms with Crippen molar-refractivity contribution in [3.8, 4) is 22.3 Å². The van der Waals surface area contributed by atoms with Gasteiger partial charge in [-0.2, -0.15) is 0 Å². The van der Waals surface area contributed by atoms with Crippen molar-refractivity contribution in [1.29, 1.82) is 0 Å². The van der Waals surface area contributed by atoms with Crippen molar-refractivity contribution in [2.24, 2.45) is 5.92 Å². The van der Waals surface area contributed by atoms with E-state index in [9.17, 15) is 0 Å². The zero-order chi connectivity index (χ0) is 19.0. The molecular formula is C27H28. The maximum Gasteiger partial charge on any atom is -0.00298 e. The molecule has 0 amide bonds. The van der Waals surface area contributed by atoms with Crippen molar-refractivity contribution in [2.45, 2.75) is 40.5 Å². The Morgan fingerprint density at radius 1 is 0.852 bits per heavy atom. The standard InChI is InChI=1S/C27H28/c1-5-20(4)23-16-22-11-12-25(21-9-7-6-8-10-21)27(26(22)17-23)24-14-18(2)13-19(3)15-24/h6-15,17,20H,5,16H2,1-4H3. The largest absolute Gasteiger partial charge is 0.0648 e. The lowest BCUT2D eigenvalue weighted by Gasteiger charge is -2.16. The molecule has 0 heterocycles. The second-order valence-corrected chi connectivity index (χ2v) is 8.01. The molecule has 0 bridgehead atoms. The van der Waals surface area contributed by atoms with Crippen LogP contribution in [0.2, 0.25) is 0 Å². The van der Waals surface area contributed by atoms with E-state index in [1.807, 2.05) is 0 Å². The maximum atomic E-state index is 2.48. The summed E-state index contributed by atoms with van der Waals surface area (Å²) in [6.45, 7) is 9.03. The van der Waals surface area contributed by atoms with E-state index in [-0.39, 0.29) is 0 Å². The van der Waals surface area contributed by atoms with Gasteiger partial charge in [0.25, 0.3) is 0 Å². The molecule has 3 aromatic carbocycles. The molecule has 3 aromatic rings. The Kier molecular flexibility index (Phi) is 4.74. The van der Waals surface area contributed by atoms with Gasteiger partial charge in [0.05, 0.1) is 0 Å². The number of allylic oxidation sites excluding steroid dienone is 1. The highest BCUT2D eigenvalue weighted by atomic mass is 14.3. The number of fused-ring (bicyclic) bond motifs is 1. The Hall–Kier alpha value is -2.60. The van der Waals surface area contributed by atoms with E-state index in [2.05, 4.69) is 94.4 Å². The van der Waals surface area contributed by atoms with Gasteiger partial charge in [0.15, 0.2) is 0 Å². The van der Waals surface area contributed by atoms with Gasteiger partial charge in [0.2, 0.25) is 0 Å². The van der Waals surface area contributed by atoms with Gasteiger partial charge in [-0.1, -0.05) is 97.3 Å². The zero-order valence-corrected chi connectivity index (χ0v) is 16.8. The zero-order valence-electron chi connectivity index (χ0n) is 16.8. The third-order valence-corrected chi connectivity index (χ3v) is 5.90. The monoisotopic (exact) mass is 352 g/mol. The average Bonchev–Trinajstić information content (AvgIpc) is 3.10. The molecule has 0 spiro atoms. The lowest BCUT2D eigenvalue weighted by atomic mass is 9.87. The summed E-state index contributed by atoms with van der Waals surface area (Å²) in [4.78, 5) is 0. The van der Waals surface area contributed by atoms with Gasteiger partial charge in [-0.3, -0.25) is 0 Å². The van der Waals surface area contributed by atoms with Crippen LogP contribution in [0.1, 0.15) is 42.5 Å². The molecule has 0 N–H and O–H groups in total. The van der Waals surface area contributed by atoms with Crippen LogP contribution in [0.25, 0.3) is 28.3 Å². The van der Waals surface area contributed by atoms with E-state index in [4.69, 9.17) is 0 Å². The number of hydrogen-bond donors (Lipinski definition) is 0. The van der Waals surface area contributed by atoms with Crippen molar-refractivity contribution in [1.82, 2.24) is 0 Å². The third kappa shape index (κ3) is 3.37. The van der Waals surface area contributed by atoms with Crippen molar-refractivity contribution in [3.63, 3.8) is 0 Å². The average molecular weight is 353 g/mol. The molecule has 136 valence electrons. The van der Waals surface area contributed by atoms with Crippen molar-refractivity contribution in [3.05, 3.63) is 88.5 Å². The Balaban J connectivity index is 1.99. The molecule has 0 fully saturated rings. The first-order chi connectivity index (χ1) is 13.1. The molecule has 0 nitrogen and oxygen atoms in total. The second kappa shape index (κ2) is 7.19. The fourth-order valence-corrected chi connectivity index (χ4v) is 4.31. The lowest BCUT2D eigenvalue weighted by molar-refractivity contribution is 0.647. The van der Waals surface area contributed by atoms with Gasteiger partial charge in [0, 0.05) is 0 Å². The van der Waals surface area contributed by atoms with Crippen molar-refractivity contribution < 1.29 is 0 Å². The van der Waals surface area contributed by atoms with Gasteiger partial charge >= 0.3 is 0 Å². The molecule has 0 saturated heterocycles. The summed E-state index contributed by atoms with van der Waals surface area (Å²) < 4.78 is 0. The van der Waals surface area contributed by atoms with Crippen molar-refractivity contribution in [2.75, 3.05) is 0 Å². The summed E-state index contributed by atoms with van der Waals surface area (Å²) in [7, 11) is 0. The Morgan fingerprint density at radius 2 is 1.56 bits per heavy atom. The lowest BCUT2D eigenvalue weighted by Crippen LogP contribution is -1.97. The molecule has 0 aliphatic heterocycles. The Bertz CT molecular complexity index is 985. The van der Waals surface area contributed by atoms with E-state index in [0.717, 1.165) is 6.42 Å². The molecule has 0 heteroatoms. The molecule has 1 atom stereocenters. The molecule has 0 aromatic heterocycles. The molecule has 1 aliphatic carbocycles. The van der Waals surface area contributed by atoms with Gasteiger partial charge in [-0.15, -0.1) is 0 Å². The summed E-state index contributed by atoms with van der Waals surface area (Å²) in [6, 6.07) is 22.4. The number of aryl methyl sites for hydroxylation is 2. The van der Waals surface area contributed by atoms with E-state index in [1.165, 1.54) is 50.9 Å². The van der Waals surface area contributed by atoms with Crippen LogP contribution in [-0.2, 0) is 6.42 Å². The van der Waals surface area contributed by atoms with Crippen LogP contribution in [-0.4, -0.2) is 0 Å². The van der Waals surface area contributed by atoms with Crippen LogP contribution in [0, 0.1) is 19.8 Å². The molecular weight excluding hydrogens is 324 g/mol. The van der Waals surface area contributed by atoms with E-state index < -0.39 is 0 Å². The molecule has 0 radical (unpaired) electrons. The van der Waals surface area contributed by atoms with Gasteiger partial charge in [-0.25, -0.2) is 0 Å². The smallest absolute Gasteiger partial charge is 0.00298 e. The van der Waals surface area contributed by atoms with Gasteiger partial charge in [-0.05, 0) is 66.0 Å². The highest BCUT2D eigenvalue weighted by Gasteiger charge is 2.22. The normalized spacial score (nSPS) is 14.0. The molecule has 1 unspecified atom stereocenters. The van der Waals surface area contributed by atoms with Gasteiger partial charge in [0.1, 0.15) is 0 Å². The van der Waals surface area contributed by atoms with Crippen LogP contribution < -0.4 is 0 Å². The highest BCUT2D eigenvalue weighted by Crippen LogP contribution is 2.43. The van der Waals surface area contributed by atoms with Crippen LogP contribution in [0.15, 0.2) is 66.2 Å². The maximum absolute atomic E-state index is 2.48. The van der Waals surface area contributed by atoms with E-state index >= 15 is 0 Å². The molecule has 4 rings (SSSR count). The quantitative estimate of drug-likeness (QED) is 0.453. The summed E-state index contributed by atoms with van der Waals surface area (Å²) >= 11 is 0. The number of rotatable bonds is 4. The fourth-order valence-electron chi connectivity index (χ4n) is 4.31. The topological polar surface area (TPSA) is 0 Å². The first-order valence-electron chi connectivity index (χ1n) is 10.1. The van der Waals surface area contributed by atoms with Crippen LogP contribution in [0.5, 0.6) is 0 Å². The van der Waals surface area contributed by atoms with Crippen LogP contribution in [0.3, 0.4) is 0 Å². The van der Waals surface area contributed by atoms with Crippen LogP contribution >= 0.6 is 0 Å². The SMILES string of the molecule is CCC(C)C1=Cc2c(ccc(-c3ccccc3)c2-c2cc(C)cc(C)c2)C1. The summed E-state index contributed by atoms with van der Waals surface area (Å²) in [6.07, 6.45) is 4.77. The number of benzene rings is 3. The van der Waals surface area contributed by atoms with E-state index in [0.29, 0.717) is 5.92 Å². The third-order valence-electron chi connectivity index (χ3n) is 5.90. The molecule has 1 aliphatic rings. The molecule has 0 saturated carbocycles. The van der Waals surface area contributed by atoms with Gasteiger partial charge < -0.3 is 0 Å². The fraction of sp³-hybridized carbons (Fsp3) is 0.259. The second-order valence-electron chi connectivity index (χ2n) is 8.01. The highest BCUT2D eigenvalue weighted by molar-refractivity contribution is 5.92. The van der Waals surface area contributed by atoms with Crippen LogP contribution in [0.4, 0.5) is 0 Å². The Labute approximate surface area is 163 Å². The predicted octanol–water partition coefficient (Wildman–Crippen LogP) is 7.62. The predicted molar refractivity (Wildman–Crippen MR) is 118 cm³/mol. The molecule has 27 heavy (non-hydrogen) atoms. The Morgan fingerprint density at radius 3 is 2.22 bits per heavy atom. The minimum Gasteiger partial charge on any atom is -0.0648 e. The minimum atomic E-state index is 0.643. The summed E-state index contributed by atoms with van der Waals surface area (Å²) in [5, 5.41) is 0. The van der Waals surface area contributed by atoms with Crippen molar-refractivity contribution >= 4 is 6.08 Å². The first-order valence-corrected chi connectivity index (χ1v) is 10.1. The minimum absolute atomic E-state index is 0.643. The summed E-state index contributed by atoms with van der Waals surface area (Å²) in [5.74, 6) is 0.643. The number of hydrogen-bond acceptors (Lipinski definition) is 0. The van der Waals surface area contributed by atoms with E-state index in [1.54, 1.807) is 5.57 Å². The summed E-state index contributed by atoms with van der Waals surface area (Å²) in [5.41, 5.74) is 12.5.